The van der Waals surface area contributed by atoms with E-state index in [-0.39, 0.29) is 0 Å². The zero-order valence-electron chi connectivity index (χ0n) is 12.2. The summed E-state index contributed by atoms with van der Waals surface area (Å²) >= 11 is 0. The molecule has 106 valence electrons. The maximum Gasteiger partial charge on any atom is 0.327 e. The molecule has 0 aliphatic carbocycles. The third-order valence-corrected chi connectivity index (χ3v) is 3.16. The molecule has 0 bridgehead atoms. The zero-order chi connectivity index (χ0) is 13.6. The summed E-state index contributed by atoms with van der Waals surface area (Å²) in [7, 11) is 0. The molecule has 0 heterocycles. The quantitative estimate of drug-likeness (QED) is 0.384. The van der Waals surface area contributed by atoms with E-state index in [1.54, 1.807) is 6.08 Å². The first kappa shape index (κ1) is 17.2. The van der Waals surface area contributed by atoms with Crippen LogP contribution in [-0.4, -0.2) is 11.1 Å². The lowest BCUT2D eigenvalue weighted by Gasteiger charge is -2.04. The molecule has 18 heavy (non-hydrogen) atoms. The molecule has 0 atom stereocenters. The summed E-state index contributed by atoms with van der Waals surface area (Å²) in [4.78, 5) is 10.2. The molecule has 0 aromatic heterocycles. The first-order valence-electron chi connectivity index (χ1n) is 7.52. The van der Waals surface area contributed by atoms with Gasteiger partial charge in [0.15, 0.2) is 0 Å². The van der Waals surface area contributed by atoms with Gasteiger partial charge in [-0.1, -0.05) is 71.3 Å². The smallest absolute Gasteiger partial charge is 0.327 e. The van der Waals surface area contributed by atoms with Crippen molar-refractivity contribution < 1.29 is 9.90 Å². The number of hydrogen-bond acceptors (Lipinski definition) is 1. The Kier molecular flexibility index (Phi) is 12.1. The fourth-order valence-corrected chi connectivity index (χ4v) is 2.06. The van der Waals surface area contributed by atoms with E-state index in [1.165, 1.54) is 57.4 Å². The van der Waals surface area contributed by atoms with Gasteiger partial charge < -0.3 is 5.11 Å². The third kappa shape index (κ3) is 15.2. The lowest BCUT2D eigenvalue weighted by molar-refractivity contribution is -0.131. The Hall–Kier alpha value is -0.790. The van der Waals surface area contributed by atoms with Gasteiger partial charge in [0.05, 0.1) is 0 Å². The van der Waals surface area contributed by atoms with E-state index in [9.17, 15) is 4.79 Å². The molecule has 0 radical (unpaired) electrons. The Bertz CT molecular complexity index is 219. The zero-order valence-corrected chi connectivity index (χ0v) is 12.2. The number of carboxylic acid groups (broad SMARTS) is 1. The molecule has 2 nitrogen and oxygen atoms in total. The molecule has 0 spiro atoms. The molecule has 0 unspecified atom stereocenters. The first-order chi connectivity index (χ1) is 8.63. The van der Waals surface area contributed by atoms with Crippen molar-refractivity contribution in [3.05, 3.63) is 12.2 Å². The number of aliphatic carboxylic acids is 1. The molecule has 0 aromatic rings. The molecule has 0 rings (SSSR count). The van der Waals surface area contributed by atoms with Crippen LogP contribution in [0.2, 0.25) is 0 Å². The van der Waals surface area contributed by atoms with Gasteiger partial charge >= 0.3 is 5.97 Å². The van der Waals surface area contributed by atoms with Gasteiger partial charge in [0.1, 0.15) is 0 Å². The summed E-state index contributed by atoms with van der Waals surface area (Å²) in [5.74, 6) is 0.0141. The first-order valence-corrected chi connectivity index (χ1v) is 7.52. The van der Waals surface area contributed by atoms with Crippen LogP contribution in [0.3, 0.4) is 0 Å². The predicted octanol–water partition coefficient (Wildman–Crippen LogP) is 5.18. The molecule has 0 amide bonds. The standard InChI is InChI=1S/C16H30O2/c1-15(2)13-11-9-7-5-3-4-6-8-10-12-14-16(17)18/h12,14-15H,3-11,13H2,1-2H3,(H,17,18)/b14-12-. The van der Waals surface area contributed by atoms with E-state index < -0.39 is 5.97 Å². The highest BCUT2D eigenvalue weighted by Gasteiger charge is 1.95. The van der Waals surface area contributed by atoms with Crippen molar-refractivity contribution in [3.63, 3.8) is 0 Å². The fourth-order valence-electron chi connectivity index (χ4n) is 2.06. The van der Waals surface area contributed by atoms with Gasteiger partial charge in [-0.25, -0.2) is 4.79 Å². The molecule has 0 saturated heterocycles. The molecule has 2 heteroatoms. The Balaban J connectivity index is 3.05. The average Bonchev–Trinajstić information content (AvgIpc) is 2.29. The highest BCUT2D eigenvalue weighted by Crippen LogP contribution is 2.13. The summed E-state index contributed by atoms with van der Waals surface area (Å²) < 4.78 is 0. The second-order valence-corrected chi connectivity index (χ2v) is 5.54. The molecule has 0 fully saturated rings. The summed E-state index contributed by atoms with van der Waals surface area (Å²) in [6.45, 7) is 4.58. The molecule has 0 aliphatic heterocycles. The van der Waals surface area contributed by atoms with Gasteiger partial charge in [-0.3, -0.25) is 0 Å². The van der Waals surface area contributed by atoms with Crippen molar-refractivity contribution >= 4 is 5.97 Å². The number of unbranched alkanes of at least 4 members (excludes halogenated alkanes) is 8. The lowest BCUT2D eigenvalue weighted by atomic mass is 10.0. The largest absolute Gasteiger partial charge is 0.478 e. The van der Waals surface area contributed by atoms with Crippen molar-refractivity contribution in [2.24, 2.45) is 5.92 Å². The van der Waals surface area contributed by atoms with Crippen molar-refractivity contribution in [1.29, 1.82) is 0 Å². The molecule has 0 saturated carbocycles. The fraction of sp³-hybridized carbons (Fsp3) is 0.812. The van der Waals surface area contributed by atoms with Gasteiger partial charge in [0.25, 0.3) is 0 Å². The van der Waals surface area contributed by atoms with Crippen LogP contribution in [0, 0.1) is 5.92 Å². The Morgan fingerprint density at radius 2 is 1.44 bits per heavy atom. The van der Waals surface area contributed by atoms with Crippen LogP contribution in [0.25, 0.3) is 0 Å². The van der Waals surface area contributed by atoms with Crippen LogP contribution in [-0.2, 0) is 4.79 Å². The average molecular weight is 254 g/mol. The van der Waals surface area contributed by atoms with Crippen LogP contribution in [0.5, 0.6) is 0 Å². The Labute approximate surface area is 112 Å². The number of carboxylic acids is 1. The normalized spacial score (nSPS) is 11.5. The van der Waals surface area contributed by atoms with E-state index in [1.807, 2.05) is 0 Å². The SMILES string of the molecule is CC(C)CCCCCCCCCC/C=C\C(=O)O. The molecular weight excluding hydrogens is 224 g/mol. The van der Waals surface area contributed by atoms with Crippen molar-refractivity contribution in [2.45, 2.75) is 78.1 Å². The van der Waals surface area contributed by atoms with Gasteiger partial charge in [0, 0.05) is 6.08 Å². The molecule has 0 aromatic carbocycles. The van der Waals surface area contributed by atoms with Gasteiger partial charge in [-0.15, -0.1) is 0 Å². The summed E-state index contributed by atoms with van der Waals surface area (Å²) in [6, 6.07) is 0. The maximum atomic E-state index is 10.2. The lowest BCUT2D eigenvalue weighted by Crippen LogP contribution is -1.87. The molecular formula is C16H30O2. The summed E-state index contributed by atoms with van der Waals surface area (Å²) in [6.07, 6.45) is 15.8. The van der Waals surface area contributed by atoms with Crippen LogP contribution in [0.15, 0.2) is 12.2 Å². The van der Waals surface area contributed by atoms with E-state index in [4.69, 9.17) is 5.11 Å². The van der Waals surface area contributed by atoms with Gasteiger partial charge in [0.2, 0.25) is 0 Å². The minimum atomic E-state index is -0.837. The molecule has 0 aliphatic rings. The van der Waals surface area contributed by atoms with Crippen molar-refractivity contribution in [3.8, 4) is 0 Å². The number of rotatable bonds is 12. The van der Waals surface area contributed by atoms with Crippen LogP contribution < -0.4 is 0 Å². The van der Waals surface area contributed by atoms with E-state index in [0.29, 0.717) is 0 Å². The number of hydrogen-bond donors (Lipinski definition) is 1. The topological polar surface area (TPSA) is 37.3 Å². The Morgan fingerprint density at radius 1 is 0.944 bits per heavy atom. The van der Waals surface area contributed by atoms with E-state index >= 15 is 0 Å². The van der Waals surface area contributed by atoms with Crippen LogP contribution in [0.1, 0.15) is 78.1 Å². The highest BCUT2D eigenvalue weighted by molar-refractivity contribution is 5.79. The van der Waals surface area contributed by atoms with Crippen LogP contribution >= 0.6 is 0 Å². The highest BCUT2D eigenvalue weighted by atomic mass is 16.4. The molecule has 1 N–H and O–H groups in total. The monoisotopic (exact) mass is 254 g/mol. The predicted molar refractivity (Wildman–Crippen MR) is 77.8 cm³/mol. The van der Waals surface area contributed by atoms with Gasteiger partial charge in [-0.2, -0.15) is 0 Å². The number of carbonyl (C=O) groups is 1. The summed E-state index contributed by atoms with van der Waals surface area (Å²) in [5.41, 5.74) is 0. The second-order valence-electron chi connectivity index (χ2n) is 5.54. The van der Waals surface area contributed by atoms with E-state index in [2.05, 4.69) is 13.8 Å². The Morgan fingerprint density at radius 3 is 1.94 bits per heavy atom. The van der Waals surface area contributed by atoms with Crippen molar-refractivity contribution in [1.82, 2.24) is 0 Å². The van der Waals surface area contributed by atoms with E-state index in [0.717, 1.165) is 18.8 Å². The van der Waals surface area contributed by atoms with Crippen LogP contribution in [0.4, 0.5) is 0 Å². The minimum Gasteiger partial charge on any atom is -0.478 e. The third-order valence-electron chi connectivity index (χ3n) is 3.16. The van der Waals surface area contributed by atoms with Gasteiger partial charge in [-0.05, 0) is 18.8 Å². The second kappa shape index (κ2) is 12.7. The van der Waals surface area contributed by atoms with Crippen molar-refractivity contribution in [2.75, 3.05) is 0 Å². The number of allylic oxidation sites excluding steroid dienone is 1. The maximum absolute atomic E-state index is 10.2. The minimum absolute atomic E-state index is 0.837. The summed E-state index contributed by atoms with van der Waals surface area (Å²) in [5, 5.41) is 8.40.